The van der Waals surface area contributed by atoms with E-state index in [2.05, 4.69) is 27.9 Å². The molecule has 5 aromatic rings. The molecule has 1 aliphatic heterocycles. The highest BCUT2D eigenvalue weighted by atomic mass is 16.6. The summed E-state index contributed by atoms with van der Waals surface area (Å²) in [5, 5.41) is 0. The Balaban J connectivity index is 1.35. The third-order valence-corrected chi connectivity index (χ3v) is 7.37. The molecule has 1 aromatic heterocycles. The van der Waals surface area contributed by atoms with Crippen LogP contribution in [0, 0.1) is 0 Å². The summed E-state index contributed by atoms with van der Waals surface area (Å²) in [6.07, 6.45) is 2.03. The lowest BCUT2D eigenvalue weighted by atomic mass is 10.0. The molecule has 9 heteroatoms. The van der Waals surface area contributed by atoms with Gasteiger partial charge in [0.2, 0.25) is 0 Å². The number of aliphatic imine (C=N–C) groups is 2. The topological polar surface area (TPSA) is 112 Å². The van der Waals surface area contributed by atoms with E-state index < -0.39 is 5.97 Å². The maximum atomic E-state index is 11.5. The third kappa shape index (κ3) is 7.54. The predicted molar refractivity (Wildman–Crippen MR) is 181 cm³/mol. The second-order valence-corrected chi connectivity index (χ2v) is 10.4. The van der Waals surface area contributed by atoms with Crippen molar-refractivity contribution in [2.75, 3.05) is 26.9 Å². The maximum Gasteiger partial charge on any atom is 0.343 e. The molecule has 234 valence electrons. The number of aromatic amines is 1. The molecule has 0 radical (unpaired) electrons. The number of amidine groups is 1. The first-order chi connectivity index (χ1) is 23.1. The van der Waals surface area contributed by atoms with Crippen LogP contribution in [0.4, 0.5) is 5.82 Å². The highest BCUT2D eigenvalue weighted by Crippen LogP contribution is 2.37. The largest absolute Gasteiger partial charge is 0.490 e. The molecule has 0 saturated heterocycles. The molecule has 1 N–H and O–H groups in total. The summed E-state index contributed by atoms with van der Waals surface area (Å²) in [5.41, 5.74) is 7.30. The van der Waals surface area contributed by atoms with Crippen molar-refractivity contribution in [2.24, 2.45) is 9.98 Å². The normalized spacial score (nSPS) is 13.1. The Morgan fingerprint density at radius 2 is 1.40 bits per heavy atom. The minimum Gasteiger partial charge on any atom is -0.490 e. The molecule has 0 spiro atoms. The van der Waals surface area contributed by atoms with Gasteiger partial charge in [-0.1, -0.05) is 60.7 Å². The number of benzene rings is 4. The number of aromatic nitrogens is 1. The molecule has 0 unspecified atom stereocenters. The maximum absolute atomic E-state index is 11.5. The standard InChI is InChI=1S/C38H31N3O6/c1-44-36(43)24-47-31-18-14-29(15-19-31)35-23-33(27-10-6-3-7-11-27)38(40-35)41-37-32(26-8-4-2-5-9-26)22-34(39-37)28-12-16-30(17-13-28)46-21-20-45-25-42/h2-19,22-23,25,39H,20-21,24H2,1H3/b41-38-. The van der Waals surface area contributed by atoms with Crippen LogP contribution in [0.15, 0.2) is 131 Å². The van der Waals surface area contributed by atoms with Gasteiger partial charge in [-0.05, 0) is 77.4 Å². The first-order valence-corrected chi connectivity index (χ1v) is 14.9. The number of rotatable bonds is 13. The molecular formula is C38H31N3O6. The summed E-state index contributed by atoms with van der Waals surface area (Å²) < 4.78 is 20.5. The van der Waals surface area contributed by atoms with Crippen LogP contribution >= 0.6 is 0 Å². The number of H-pyrrole nitrogens is 1. The highest BCUT2D eigenvalue weighted by molar-refractivity contribution is 6.38. The molecule has 0 amide bonds. The van der Waals surface area contributed by atoms with E-state index in [9.17, 15) is 9.59 Å². The molecule has 1 aliphatic rings. The van der Waals surface area contributed by atoms with Crippen molar-refractivity contribution >= 4 is 35.4 Å². The molecular weight excluding hydrogens is 594 g/mol. The minimum absolute atomic E-state index is 0.163. The van der Waals surface area contributed by atoms with E-state index in [0.29, 0.717) is 29.6 Å². The number of nitrogens with zero attached hydrogens (tertiary/aromatic N) is 2. The average molecular weight is 626 g/mol. The van der Waals surface area contributed by atoms with Crippen molar-refractivity contribution in [1.82, 2.24) is 4.98 Å². The molecule has 0 saturated carbocycles. The van der Waals surface area contributed by atoms with E-state index in [0.717, 1.165) is 44.8 Å². The van der Waals surface area contributed by atoms with Crippen molar-refractivity contribution < 1.29 is 28.5 Å². The number of hydrogen-bond donors (Lipinski definition) is 1. The van der Waals surface area contributed by atoms with Gasteiger partial charge in [0.25, 0.3) is 6.47 Å². The molecule has 0 atom stereocenters. The number of nitrogens with one attached hydrogen (secondary N) is 1. The fourth-order valence-electron chi connectivity index (χ4n) is 5.01. The van der Waals surface area contributed by atoms with E-state index in [-0.39, 0.29) is 19.8 Å². The molecule has 47 heavy (non-hydrogen) atoms. The number of ether oxygens (including phenoxy) is 4. The predicted octanol–water partition coefficient (Wildman–Crippen LogP) is 7.07. The quantitative estimate of drug-likeness (QED) is 0.0851. The van der Waals surface area contributed by atoms with E-state index in [4.69, 9.17) is 24.2 Å². The number of hydrogen-bond acceptors (Lipinski definition) is 7. The summed E-state index contributed by atoms with van der Waals surface area (Å²) in [6, 6.07) is 37.3. The Labute approximate surface area is 271 Å². The van der Waals surface area contributed by atoms with Gasteiger partial charge in [0.1, 0.15) is 30.5 Å². The summed E-state index contributed by atoms with van der Waals surface area (Å²) in [5.74, 6) is 2.02. The zero-order chi connectivity index (χ0) is 32.4. The van der Waals surface area contributed by atoms with Crippen LogP contribution in [0.25, 0.3) is 28.0 Å². The van der Waals surface area contributed by atoms with Crippen molar-refractivity contribution in [3.63, 3.8) is 0 Å². The van der Waals surface area contributed by atoms with E-state index in [1.807, 2.05) is 91.0 Å². The SMILES string of the molecule is COC(=O)COc1ccc(C2=N/C(=N\c3[nH]c(-c4ccc(OCCOC=O)cc4)cc3-c3ccccc3)C(c3ccccc3)=C2)cc1. The first kappa shape index (κ1) is 30.8. The van der Waals surface area contributed by atoms with Gasteiger partial charge in [-0.25, -0.2) is 14.8 Å². The Morgan fingerprint density at radius 1 is 0.766 bits per heavy atom. The van der Waals surface area contributed by atoms with Crippen molar-refractivity contribution in [1.29, 1.82) is 0 Å². The summed E-state index contributed by atoms with van der Waals surface area (Å²) in [7, 11) is 1.32. The second-order valence-electron chi connectivity index (χ2n) is 10.4. The van der Waals surface area contributed by atoms with Gasteiger partial charge in [0.15, 0.2) is 12.4 Å². The van der Waals surface area contributed by atoms with Crippen LogP contribution in [0.2, 0.25) is 0 Å². The van der Waals surface area contributed by atoms with Gasteiger partial charge >= 0.3 is 5.97 Å². The third-order valence-electron chi connectivity index (χ3n) is 7.37. The number of esters is 1. The molecule has 0 bridgehead atoms. The fourth-order valence-corrected chi connectivity index (χ4v) is 5.01. The van der Waals surface area contributed by atoms with Crippen LogP contribution in [0.3, 0.4) is 0 Å². The zero-order valence-corrected chi connectivity index (χ0v) is 25.6. The van der Waals surface area contributed by atoms with Gasteiger partial charge in [0, 0.05) is 22.4 Å². The summed E-state index contributed by atoms with van der Waals surface area (Å²) in [6.45, 7) is 0.700. The molecule has 9 nitrogen and oxygen atoms in total. The van der Waals surface area contributed by atoms with Crippen molar-refractivity contribution in [3.05, 3.63) is 132 Å². The minimum atomic E-state index is -0.447. The van der Waals surface area contributed by atoms with Crippen LogP contribution < -0.4 is 9.47 Å². The Bertz CT molecular complexity index is 1930. The van der Waals surface area contributed by atoms with Gasteiger partial charge in [0.05, 0.1) is 12.8 Å². The lowest BCUT2D eigenvalue weighted by Gasteiger charge is -2.06. The van der Waals surface area contributed by atoms with E-state index >= 15 is 0 Å². The van der Waals surface area contributed by atoms with Gasteiger partial charge in [-0.3, -0.25) is 4.79 Å². The average Bonchev–Trinajstić information content (AvgIpc) is 3.75. The Hall–Kier alpha value is -6.22. The molecule has 2 heterocycles. The van der Waals surface area contributed by atoms with Crippen LogP contribution in [-0.4, -0.2) is 55.9 Å². The lowest BCUT2D eigenvalue weighted by Crippen LogP contribution is -2.12. The molecule has 0 aliphatic carbocycles. The van der Waals surface area contributed by atoms with Gasteiger partial charge in [-0.15, -0.1) is 0 Å². The number of methoxy groups -OCH3 is 1. The van der Waals surface area contributed by atoms with Gasteiger partial charge in [-0.2, -0.15) is 0 Å². The second kappa shape index (κ2) is 14.7. The monoisotopic (exact) mass is 625 g/mol. The lowest BCUT2D eigenvalue weighted by molar-refractivity contribution is -0.142. The van der Waals surface area contributed by atoms with Crippen molar-refractivity contribution in [3.8, 4) is 33.9 Å². The zero-order valence-electron chi connectivity index (χ0n) is 25.6. The number of carbonyl (C=O) groups is 2. The van der Waals surface area contributed by atoms with Crippen LogP contribution in [0.1, 0.15) is 11.1 Å². The van der Waals surface area contributed by atoms with E-state index in [1.54, 1.807) is 12.1 Å². The molecule has 4 aromatic carbocycles. The highest BCUT2D eigenvalue weighted by Gasteiger charge is 2.21. The summed E-state index contributed by atoms with van der Waals surface area (Å²) in [4.78, 5) is 35.5. The number of allylic oxidation sites excluding steroid dienone is 1. The van der Waals surface area contributed by atoms with E-state index in [1.165, 1.54) is 7.11 Å². The smallest absolute Gasteiger partial charge is 0.343 e. The van der Waals surface area contributed by atoms with Crippen LogP contribution in [0.5, 0.6) is 11.5 Å². The van der Waals surface area contributed by atoms with Crippen molar-refractivity contribution in [2.45, 2.75) is 0 Å². The van der Waals surface area contributed by atoms with Crippen LogP contribution in [-0.2, 0) is 19.1 Å². The first-order valence-electron chi connectivity index (χ1n) is 14.9. The Kier molecular flexibility index (Phi) is 9.63. The molecule has 6 rings (SSSR count). The fraction of sp³-hybridized carbons (Fsp3) is 0.105. The number of carbonyl (C=O) groups excluding carboxylic acids is 2. The molecule has 0 fully saturated rings. The Morgan fingerprint density at radius 3 is 2.06 bits per heavy atom. The summed E-state index contributed by atoms with van der Waals surface area (Å²) >= 11 is 0. The van der Waals surface area contributed by atoms with Gasteiger partial charge < -0.3 is 23.9 Å².